The monoisotopic (exact) mass is 417 g/mol. The lowest BCUT2D eigenvalue weighted by atomic mass is 10.1. The van der Waals surface area contributed by atoms with Crippen molar-refractivity contribution in [3.63, 3.8) is 0 Å². The number of ether oxygens (including phenoxy) is 1. The van der Waals surface area contributed by atoms with Gasteiger partial charge in [-0.1, -0.05) is 30.3 Å². The Morgan fingerprint density at radius 1 is 1.14 bits per heavy atom. The summed E-state index contributed by atoms with van der Waals surface area (Å²) in [6.45, 7) is 3.73. The van der Waals surface area contributed by atoms with Gasteiger partial charge in [0.25, 0.3) is 5.91 Å². The zero-order chi connectivity index (χ0) is 20.7. The molecule has 7 nitrogen and oxygen atoms in total. The zero-order valence-corrected chi connectivity index (χ0v) is 17.3. The van der Waals surface area contributed by atoms with Gasteiger partial charge in [-0.15, -0.1) is 0 Å². The van der Waals surface area contributed by atoms with Crippen molar-refractivity contribution in [2.75, 3.05) is 43.8 Å². The standard InChI is InChI=1S/C21H27N3O4S/c1-29(26,27)23-19-9-7-18(8-10-19)21(25)22-15-20-16-24(13-14-28-20)12-11-17-5-3-2-4-6-17/h2-10,20,23H,11-16H2,1H3,(H,22,25). The van der Waals surface area contributed by atoms with Gasteiger partial charge in [-0.3, -0.25) is 14.4 Å². The Labute approximate surface area is 172 Å². The summed E-state index contributed by atoms with van der Waals surface area (Å²) in [5, 5.41) is 2.90. The lowest BCUT2D eigenvalue weighted by Crippen LogP contribution is -2.48. The second kappa shape index (κ2) is 9.87. The number of hydrogen-bond donors (Lipinski definition) is 2. The maximum absolute atomic E-state index is 12.4. The fraction of sp³-hybridized carbons (Fsp3) is 0.381. The topological polar surface area (TPSA) is 87.7 Å². The highest BCUT2D eigenvalue weighted by atomic mass is 32.2. The third kappa shape index (κ3) is 7.16. The molecule has 0 spiro atoms. The van der Waals surface area contributed by atoms with Crippen LogP contribution in [0.15, 0.2) is 54.6 Å². The molecular weight excluding hydrogens is 390 g/mol. The van der Waals surface area contributed by atoms with Gasteiger partial charge in [-0.25, -0.2) is 8.42 Å². The molecule has 1 fully saturated rings. The van der Waals surface area contributed by atoms with E-state index in [9.17, 15) is 13.2 Å². The summed E-state index contributed by atoms with van der Waals surface area (Å²) in [6.07, 6.45) is 2.03. The first-order valence-corrected chi connectivity index (χ1v) is 11.5. The molecule has 0 bridgehead atoms. The van der Waals surface area contributed by atoms with E-state index in [4.69, 9.17) is 4.74 Å². The molecule has 2 aromatic carbocycles. The second-order valence-corrected chi connectivity index (χ2v) is 8.94. The van der Waals surface area contributed by atoms with Crippen molar-refractivity contribution < 1.29 is 17.9 Å². The van der Waals surface area contributed by atoms with E-state index in [1.807, 2.05) is 6.07 Å². The molecule has 0 radical (unpaired) electrons. The molecule has 1 aliphatic heterocycles. The number of morpholine rings is 1. The number of rotatable bonds is 8. The minimum Gasteiger partial charge on any atom is -0.374 e. The summed E-state index contributed by atoms with van der Waals surface area (Å²) >= 11 is 0. The molecule has 1 amide bonds. The Morgan fingerprint density at radius 3 is 2.55 bits per heavy atom. The predicted octanol–water partition coefficient (Wildman–Crippen LogP) is 1.73. The van der Waals surface area contributed by atoms with Gasteiger partial charge in [0.1, 0.15) is 0 Å². The highest BCUT2D eigenvalue weighted by Crippen LogP contribution is 2.11. The second-order valence-electron chi connectivity index (χ2n) is 7.19. The van der Waals surface area contributed by atoms with Crippen LogP contribution in [0.5, 0.6) is 0 Å². The number of carbonyl (C=O) groups is 1. The molecule has 2 N–H and O–H groups in total. The fourth-order valence-electron chi connectivity index (χ4n) is 3.25. The van der Waals surface area contributed by atoms with E-state index in [0.29, 0.717) is 24.4 Å². The SMILES string of the molecule is CS(=O)(=O)Nc1ccc(C(=O)NCC2CN(CCc3ccccc3)CCO2)cc1. The van der Waals surface area contributed by atoms with Gasteiger partial charge in [0, 0.05) is 37.4 Å². The Balaban J connectivity index is 1.44. The molecule has 0 aromatic heterocycles. The van der Waals surface area contributed by atoms with Crippen molar-refractivity contribution in [3.05, 3.63) is 65.7 Å². The van der Waals surface area contributed by atoms with Crippen molar-refractivity contribution in [1.82, 2.24) is 10.2 Å². The molecule has 1 unspecified atom stereocenters. The highest BCUT2D eigenvalue weighted by Gasteiger charge is 2.21. The van der Waals surface area contributed by atoms with E-state index in [0.717, 1.165) is 32.3 Å². The molecule has 29 heavy (non-hydrogen) atoms. The maximum atomic E-state index is 12.4. The van der Waals surface area contributed by atoms with E-state index in [1.54, 1.807) is 24.3 Å². The first kappa shape index (κ1) is 21.3. The molecule has 156 valence electrons. The van der Waals surface area contributed by atoms with Crippen LogP contribution in [-0.2, 0) is 21.2 Å². The van der Waals surface area contributed by atoms with E-state index in [-0.39, 0.29) is 12.0 Å². The first-order chi connectivity index (χ1) is 13.9. The highest BCUT2D eigenvalue weighted by molar-refractivity contribution is 7.92. The third-order valence-corrected chi connectivity index (χ3v) is 5.33. The van der Waals surface area contributed by atoms with Gasteiger partial charge in [0.2, 0.25) is 10.0 Å². The molecule has 0 aliphatic carbocycles. The molecule has 2 aromatic rings. The lowest BCUT2D eigenvalue weighted by Gasteiger charge is -2.33. The maximum Gasteiger partial charge on any atom is 0.251 e. The van der Waals surface area contributed by atoms with Gasteiger partial charge >= 0.3 is 0 Å². The Bertz CT molecular complexity index is 901. The van der Waals surface area contributed by atoms with Crippen LogP contribution in [0.2, 0.25) is 0 Å². The number of benzene rings is 2. The molecule has 1 aliphatic rings. The van der Waals surface area contributed by atoms with Crippen LogP contribution in [0.3, 0.4) is 0 Å². The Morgan fingerprint density at radius 2 is 1.86 bits per heavy atom. The lowest BCUT2D eigenvalue weighted by molar-refractivity contribution is -0.0259. The number of amides is 1. The minimum atomic E-state index is -3.33. The molecular formula is C21H27N3O4S. The molecule has 8 heteroatoms. The minimum absolute atomic E-state index is 0.0466. The van der Waals surface area contributed by atoms with Gasteiger partial charge in [0.05, 0.1) is 19.0 Å². The average molecular weight is 418 g/mol. The average Bonchev–Trinajstić information content (AvgIpc) is 2.71. The Hall–Kier alpha value is -2.42. The molecule has 1 atom stereocenters. The summed E-state index contributed by atoms with van der Waals surface area (Å²) in [5.41, 5.74) is 2.21. The van der Waals surface area contributed by atoms with Gasteiger partial charge in [-0.05, 0) is 36.2 Å². The number of nitrogens with one attached hydrogen (secondary N) is 2. The van der Waals surface area contributed by atoms with Crippen molar-refractivity contribution >= 4 is 21.6 Å². The van der Waals surface area contributed by atoms with Gasteiger partial charge in [0.15, 0.2) is 0 Å². The van der Waals surface area contributed by atoms with E-state index in [2.05, 4.69) is 39.2 Å². The van der Waals surface area contributed by atoms with Crippen LogP contribution in [0.25, 0.3) is 0 Å². The fourth-order valence-corrected chi connectivity index (χ4v) is 3.82. The van der Waals surface area contributed by atoms with Crippen LogP contribution in [-0.4, -0.2) is 64.4 Å². The van der Waals surface area contributed by atoms with Crippen LogP contribution < -0.4 is 10.0 Å². The Kier molecular flexibility index (Phi) is 7.24. The van der Waals surface area contributed by atoms with Crippen LogP contribution >= 0.6 is 0 Å². The summed E-state index contributed by atoms with van der Waals surface area (Å²) in [7, 11) is -3.33. The number of anilines is 1. The van der Waals surface area contributed by atoms with Crippen LogP contribution in [0.4, 0.5) is 5.69 Å². The number of hydrogen-bond acceptors (Lipinski definition) is 5. The van der Waals surface area contributed by atoms with Crippen molar-refractivity contribution in [2.24, 2.45) is 0 Å². The number of carbonyl (C=O) groups excluding carboxylic acids is 1. The van der Waals surface area contributed by atoms with E-state index < -0.39 is 10.0 Å². The summed E-state index contributed by atoms with van der Waals surface area (Å²) in [4.78, 5) is 14.7. The zero-order valence-electron chi connectivity index (χ0n) is 16.5. The predicted molar refractivity (Wildman–Crippen MR) is 114 cm³/mol. The first-order valence-electron chi connectivity index (χ1n) is 9.63. The van der Waals surface area contributed by atoms with Gasteiger partial charge < -0.3 is 10.1 Å². The van der Waals surface area contributed by atoms with E-state index in [1.165, 1.54) is 5.56 Å². The largest absolute Gasteiger partial charge is 0.374 e. The smallest absolute Gasteiger partial charge is 0.251 e. The summed E-state index contributed by atoms with van der Waals surface area (Å²) in [6, 6.07) is 16.7. The third-order valence-electron chi connectivity index (χ3n) is 4.72. The van der Waals surface area contributed by atoms with Crippen LogP contribution in [0, 0.1) is 0 Å². The van der Waals surface area contributed by atoms with Crippen molar-refractivity contribution in [1.29, 1.82) is 0 Å². The van der Waals surface area contributed by atoms with Crippen molar-refractivity contribution in [2.45, 2.75) is 12.5 Å². The molecule has 1 heterocycles. The molecule has 0 saturated carbocycles. The van der Waals surface area contributed by atoms with E-state index >= 15 is 0 Å². The van der Waals surface area contributed by atoms with Crippen LogP contribution in [0.1, 0.15) is 15.9 Å². The normalized spacial score (nSPS) is 17.6. The quantitative estimate of drug-likeness (QED) is 0.683. The number of sulfonamides is 1. The molecule has 3 rings (SSSR count). The summed E-state index contributed by atoms with van der Waals surface area (Å²) < 4.78 is 30.6. The summed E-state index contributed by atoms with van der Waals surface area (Å²) in [5.74, 6) is -0.207. The number of nitrogens with zero attached hydrogens (tertiary/aromatic N) is 1. The molecule has 1 saturated heterocycles. The van der Waals surface area contributed by atoms with Gasteiger partial charge in [-0.2, -0.15) is 0 Å². The van der Waals surface area contributed by atoms with Crippen molar-refractivity contribution in [3.8, 4) is 0 Å².